The average Bonchev–Trinajstić information content (AvgIpc) is 3.00. The Morgan fingerprint density at radius 3 is 2.79 bits per heavy atom. The Morgan fingerprint density at radius 1 is 1.53 bits per heavy atom. The fraction of sp³-hybridized carbons (Fsp3) is 0.417. The molecule has 0 radical (unpaired) electrons. The number of imide groups is 1. The first-order valence-corrected chi connectivity index (χ1v) is 6.83. The molecule has 1 saturated carbocycles. The summed E-state index contributed by atoms with van der Waals surface area (Å²) in [4.78, 5) is 36.8. The van der Waals surface area contributed by atoms with Gasteiger partial charge >= 0.3 is 12.0 Å². The third-order valence-corrected chi connectivity index (χ3v) is 4.53. The summed E-state index contributed by atoms with van der Waals surface area (Å²) in [5, 5.41) is 13.4. The maximum Gasteiger partial charge on any atom is 0.325 e. The van der Waals surface area contributed by atoms with Crippen molar-refractivity contribution in [3.63, 3.8) is 0 Å². The number of thiophene rings is 1. The van der Waals surface area contributed by atoms with Gasteiger partial charge < -0.3 is 10.4 Å². The van der Waals surface area contributed by atoms with Crippen LogP contribution in [0.25, 0.3) is 0 Å². The first-order valence-electron chi connectivity index (χ1n) is 5.95. The van der Waals surface area contributed by atoms with E-state index in [0.717, 1.165) is 22.6 Å². The van der Waals surface area contributed by atoms with Gasteiger partial charge in [0.15, 0.2) is 5.54 Å². The zero-order valence-corrected chi connectivity index (χ0v) is 10.8. The van der Waals surface area contributed by atoms with Crippen LogP contribution < -0.4 is 5.32 Å². The van der Waals surface area contributed by atoms with Crippen LogP contribution in [0.2, 0.25) is 0 Å². The standard InChI is InChI=1S/C12H12N2O4S/c15-9(16)6-14-10(17)12(7-3-4-7,13-11(14)18)8-2-1-5-19-8/h1-2,5,7H,3-4,6H2,(H,13,18)(H,15,16)/t12-/m0/s1. The Labute approximate surface area is 113 Å². The smallest absolute Gasteiger partial charge is 0.325 e. The van der Waals surface area contributed by atoms with E-state index < -0.39 is 30.0 Å². The highest BCUT2D eigenvalue weighted by Crippen LogP contribution is 2.50. The molecule has 2 N–H and O–H groups in total. The lowest BCUT2D eigenvalue weighted by Gasteiger charge is -2.25. The molecule has 0 spiro atoms. The van der Waals surface area contributed by atoms with Gasteiger partial charge in [-0.05, 0) is 30.2 Å². The molecular formula is C12H12N2O4S. The van der Waals surface area contributed by atoms with Crippen molar-refractivity contribution in [2.24, 2.45) is 5.92 Å². The van der Waals surface area contributed by atoms with Gasteiger partial charge in [0.1, 0.15) is 6.54 Å². The number of aliphatic carboxylic acids is 1. The van der Waals surface area contributed by atoms with Gasteiger partial charge in [-0.15, -0.1) is 11.3 Å². The first-order chi connectivity index (χ1) is 9.05. The van der Waals surface area contributed by atoms with Crippen LogP contribution in [0, 0.1) is 5.92 Å². The Morgan fingerprint density at radius 2 is 2.26 bits per heavy atom. The van der Waals surface area contributed by atoms with Crippen molar-refractivity contribution in [3.8, 4) is 0 Å². The number of carbonyl (C=O) groups excluding carboxylic acids is 2. The molecule has 1 aromatic rings. The van der Waals surface area contributed by atoms with E-state index in [9.17, 15) is 14.4 Å². The molecule has 1 saturated heterocycles. The number of urea groups is 1. The molecule has 0 unspecified atom stereocenters. The van der Waals surface area contributed by atoms with E-state index in [2.05, 4.69) is 5.32 Å². The van der Waals surface area contributed by atoms with Gasteiger partial charge in [0.05, 0.1) is 0 Å². The minimum Gasteiger partial charge on any atom is -0.480 e. The monoisotopic (exact) mass is 280 g/mol. The Balaban J connectivity index is 2.01. The lowest BCUT2D eigenvalue weighted by atomic mass is 9.91. The molecule has 2 aliphatic rings. The molecule has 3 rings (SSSR count). The van der Waals surface area contributed by atoms with Crippen LogP contribution in [0.5, 0.6) is 0 Å². The van der Waals surface area contributed by atoms with Crippen molar-refractivity contribution in [2.75, 3.05) is 6.54 Å². The number of carbonyl (C=O) groups is 3. The Hall–Kier alpha value is -1.89. The van der Waals surface area contributed by atoms with Crippen molar-refractivity contribution < 1.29 is 19.5 Å². The second-order valence-electron chi connectivity index (χ2n) is 4.77. The molecule has 2 fully saturated rings. The molecule has 1 atom stereocenters. The molecule has 1 aromatic heterocycles. The van der Waals surface area contributed by atoms with Gasteiger partial charge in [-0.2, -0.15) is 0 Å². The third kappa shape index (κ3) is 1.73. The van der Waals surface area contributed by atoms with Gasteiger partial charge in [-0.1, -0.05) is 6.07 Å². The molecule has 0 aromatic carbocycles. The summed E-state index contributed by atoms with van der Waals surface area (Å²) in [5.41, 5.74) is -1.04. The summed E-state index contributed by atoms with van der Waals surface area (Å²) in [6.45, 7) is -0.593. The predicted molar refractivity (Wildman–Crippen MR) is 66.6 cm³/mol. The van der Waals surface area contributed by atoms with Crippen LogP contribution in [0.3, 0.4) is 0 Å². The molecule has 3 amide bonds. The topological polar surface area (TPSA) is 86.7 Å². The predicted octanol–water partition coefficient (Wildman–Crippen LogP) is 0.990. The number of rotatable bonds is 4. The number of carboxylic acids is 1. The highest BCUT2D eigenvalue weighted by Gasteiger charge is 2.60. The van der Waals surface area contributed by atoms with Crippen molar-refractivity contribution in [1.82, 2.24) is 10.2 Å². The number of nitrogens with one attached hydrogen (secondary N) is 1. The van der Waals surface area contributed by atoms with Gasteiger partial charge in [0.25, 0.3) is 5.91 Å². The summed E-state index contributed by atoms with van der Waals surface area (Å²) < 4.78 is 0. The number of amides is 3. The van der Waals surface area contributed by atoms with Crippen LogP contribution in [0.4, 0.5) is 4.79 Å². The van der Waals surface area contributed by atoms with Crippen LogP contribution in [-0.4, -0.2) is 34.5 Å². The van der Waals surface area contributed by atoms with E-state index in [1.807, 2.05) is 17.5 Å². The summed E-state index contributed by atoms with van der Waals surface area (Å²) in [6.07, 6.45) is 1.73. The zero-order chi connectivity index (χ0) is 13.6. The lowest BCUT2D eigenvalue weighted by molar-refractivity contribution is -0.143. The maximum atomic E-state index is 12.5. The minimum atomic E-state index is -1.19. The number of hydrogen-bond donors (Lipinski definition) is 2. The van der Waals surface area contributed by atoms with E-state index in [1.54, 1.807) is 0 Å². The summed E-state index contributed by atoms with van der Waals surface area (Å²) >= 11 is 1.40. The van der Waals surface area contributed by atoms with Crippen molar-refractivity contribution in [2.45, 2.75) is 18.4 Å². The molecule has 100 valence electrons. The average molecular weight is 280 g/mol. The fourth-order valence-corrected chi connectivity index (χ4v) is 3.49. The van der Waals surface area contributed by atoms with Crippen molar-refractivity contribution in [3.05, 3.63) is 22.4 Å². The SMILES string of the molecule is O=C(O)CN1C(=O)N[C@](c2cccs2)(C2CC2)C1=O. The van der Waals surface area contributed by atoms with Crippen LogP contribution >= 0.6 is 11.3 Å². The molecule has 2 heterocycles. The first kappa shape index (κ1) is 12.2. The fourth-order valence-electron chi connectivity index (χ4n) is 2.54. The summed E-state index contributed by atoms with van der Waals surface area (Å²) in [5.74, 6) is -1.56. The van der Waals surface area contributed by atoms with Crippen LogP contribution in [0.15, 0.2) is 17.5 Å². The Bertz CT molecular complexity index is 552. The van der Waals surface area contributed by atoms with E-state index in [4.69, 9.17) is 5.11 Å². The van der Waals surface area contributed by atoms with Gasteiger partial charge in [-0.25, -0.2) is 4.79 Å². The largest absolute Gasteiger partial charge is 0.480 e. The Kier molecular flexibility index (Phi) is 2.60. The molecular weight excluding hydrogens is 268 g/mol. The number of nitrogens with zero attached hydrogens (tertiary/aromatic N) is 1. The quantitative estimate of drug-likeness (QED) is 0.805. The molecule has 7 heteroatoms. The second-order valence-corrected chi connectivity index (χ2v) is 5.72. The van der Waals surface area contributed by atoms with Gasteiger partial charge in [0.2, 0.25) is 0 Å². The van der Waals surface area contributed by atoms with Crippen molar-refractivity contribution >= 4 is 29.2 Å². The van der Waals surface area contributed by atoms with Crippen LogP contribution in [0.1, 0.15) is 17.7 Å². The second kappa shape index (κ2) is 4.06. The molecule has 1 aliphatic heterocycles. The maximum absolute atomic E-state index is 12.5. The third-order valence-electron chi connectivity index (χ3n) is 3.52. The van der Waals surface area contributed by atoms with E-state index in [1.165, 1.54) is 11.3 Å². The van der Waals surface area contributed by atoms with Gasteiger partial charge in [0, 0.05) is 4.88 Å². The molecule has 0 bridgehead atoms. The van der Waals surface area contributed by atoms with E-state index in [0.29, 0.717) is 0 Å². The summed E-state index contributed by atoms with van der Waals surface area (Å²) in [7, 11) is 0. The highest BCUT2D eigenvalue weighted by atomic mass is 32.1. The van der Waals surface area contributed by atoms with E-state index >= 15 is 0 Å². The molecule has 6 nitrogen and oxygen atoms in total. The zero-order valence-electron chi connectivity index (χ0n) is 9.96. The highest BCUT2D eigenvalue weighted by molar-refractivity contribution is 7.10. The van der Waals surface area contributed by atoms with Gasteiger partial charge in [-0.3, -0.25) is 14.5 Å². The van der Waals surface area contributed by atoms with E-state index in [-0.39, 0.29) is 5.92 Å². The molecule has 19 heavy (non-hydrogen) atoms. The van der Waals surface area contributed by atoms with Crippen molar-refractivity contribution in [1.29, 1.82) is 0 Å². The summed E-state index contributed by atoms with van der Waals surface area (Å²) in [6, 6.07) is 3.02. The molecule has 1 aliphatic carbocycles. The lowest BCUT2D eigenvalue weighted by Crippen LogP contribution is -2.45. The minimum absolute atomic E-state index is 0.0707. The normalized spacial score (nSPS) is 26.6. The number of hydrogen-bond acceptors (Lipinski definition) is 4. The number of carboxylic acid groups (broad SMARTS) is 1. The van der Waals surface area contributed by atoms with Crippen LogP contribution in [-0.2, 0) is 15.1 Å².